The lowest BCUT2D eigenvalue weighted by Gasteiger charge is -2.22. The summed E-state index contributed by atoms with van der Waals surface area (Å²) in [6.07, 6.45) is 3.44. The van der Waals surface area contributed by atoms with Gasteiger partial charge in [0.05, 0.1) is 24.0 Å². The van der Waals surface area contributed by atoms with Gasteiger partial charge in [-0.25, -0.2) is 9.07 Å². The second-order valence-corrected chi connectivity index (χ2v) is 6.33. The summed E-state index contributed by atoms with van der Waals surface area (Å²) in [7, 11) is 0. The third-order valence-electron chi connectivity index (χ3n) is 3.99. The van der Waals surface area contributed by atoms with Gasteiger partial charge in [-0.1, -0.05) is 5.21 Å². The van der Waals surface area contributed by atoms with Crippen LogP contribution in [0.2, 0.25) is 0 Å². The van der Waals surface area contributed by atoms with Gasteiger partial charge < -0.3 is 15.4 Å². The van der Waals surface area contributed by atoms with Crippen molar-refractivity contribution in [1.29, 1.82) is 0 Å². The third kappa shape index (κ3) is 4.92. The molecule has 1 saturated heterocycles. The quantitative estimate of drug-likeness (QED) is 0.829. The van der Waals surface area contributed by atoms with Crippen LogP contribution in [0.1, 0.15) is 43.2 Å². The summed E-state index contributed by atoms with van der Waals surface area (Å²) in [5.74, 6) is -0.629. The van der Waals surface area contributed by atoms with Crippen molar-refractivity contribution in [3.63, 3.8) is 0 Å². The van der Waals surface area contributed by atoms with Crippen LogP contribution in [0, 0.1) is 5.82 Å². The number of rotatable bonds is 5. The van der Waals surface area contributed by atoms with Crippen molar-refractivity contribution in [1.82, 2.24) is 20.3 Å². The Morgan fingerprint density at radius 2 is 2.12 bits per heavy atom. The van der Waals surface area contributed by atoms with Crippen molar-refractivity contribution in [2.75, 3.05) is 18.4 Å². The van der Waals surface area contributed by atoms with Crippen molar-refractivity contribution < 1.29 is 13.9 Å². The Morgan fingerprint density at radius 1 is 1.38 bits per heavy atom. The number of halogens is 2. The summed E-state index contributed by atoms with van der Waals surface area (Å²) in [6.45, 7) is 5.56. The first-order valence-electron chi connectivity index (χ1n) is 8.43. The lowest BCUT2D eigenvalue weighted by atomic mass is 10.1. The molecule has 0 radical (unpaired) electrons. The van der Waals surface area contributed by atoms with Gasteiger partial charge in [0, 0.05) is 6.07 Å². The lowest BCUT2D eigenvalue weighted by Crippen LogP contribution is -2.29. The zero-order valence-corrected chi connectivity index (χ0v) is 15.6. The minimum absolute atomic E-state index is 0. The van der Waals surface area contributed by atoms with Gasteiger partial charge in [0.15, 0.2) is 5.69 Å². The van der Waals surface area contributed by atoms with E-state index in [4.69, 9.17) is 4.74 Å². The smallest absolute Gasteiger partial charge is 0.277 e. The lowest BCUT2D eigenvalue weighted by molar-refractivity contribution is 0.102. The normalized spacial score (nSPS) is 14.8. The highest BCUT2D eigenvalue weighted by Gasteiger charge is 2.19. The molecule has 0 unspecified atom stereocenters. The van der Waals surface area contributed by atoms with Gasteiger partial charge in [-0.2, -0.15) is 0 Å². The molecule has 1 aromatic heterocycles. The number of carbonyl (C=O) groups is 1. The number of nitrogens with one attached hydrogen (secondary N) is 2. The number of aromatic nitrogens is 3. The summed E-state index contributed by atoms with van der Waals surface area (Å²) in [5, 5.41) is 13.7. The number of ether oxygens (including phenoxy) is 1. The monoisotopic (exact) mass is 383 g/mol. The molecule has 1 aliphatic heterocycles. The molecule has 1 amide bonds. The molecule has 142 valence electrons. The molecule has 1 aromatic carbocycles. The van der Waals surface area contributed by atoms with Crippen LogP contribution in [0.25, 0.3) is 0 Å². The van der Waals surface area contributed by atoms with Crippen LogP contribution < -0.4 is 15.4 Å². The Hall–Kier alpha value is -2.19. The van der Waals surface area contributed by atoms with Crippen molar-refractivity contribution in [3.8, 4) is 5.75 Å². The average Bonchev–Trinajstić information content (AvgIpc) is 3.08. The molecule has 0 atom stereocenters. The maximum atomic E-state index is 14.1. The van der Waals surface area contributed by atoms with E-state index in [1.165, 1.54) is 12.1 Å². The van der Waals surface area contributed by atoms with Crippen LogP contribution in [0.3, 0.4) is 0 Å². The molecule has 2 heterocycles. The van der Waals surface area contributed by atoms with Gasteiger partial charge in [0.1, 0.15) is 11.6 Å². The van der Waals surface area contributed by atoms with Crippen LogP contribution in [0.15, 0.2) is 24.4 Å². The number of benzene rings is 1. The Morgan fingerprint density at radius 3 is 2.77 bits per heavy atom. The fourth-order valence-electron chi connectivity index (χ4n) is 2.76. The number of hydrogen-bond acceptors (Lipinski definition) is 5. The molecule has 3 rings (SSSR count). The Bertz CT molecular complexity index is 747. The molecule has 2 N–H and O–H groups in total. The Kier molecular flexibility index (Phi) is 6.93. The molecule has 1 fully saturated rings. The predicted octanol–water partition coefficient (Wildman–Crippen LogP) is 2.80. The molecule has 26 heavy (non-hydrogen) atoms. The van der Waals surface area contributed by atoms with E-state index in [-0.39, 0.29) is 35.9 Å². The molecule has 9 heteroatoms. The molecule has 1 aliphatic rings. The zero-order chi connectivity index (χ0) is 17.8. The minimum atomic E-state index is -0.558. The highest BCUT2D eigenvalue weighted by molar-refractivity contribution is 6.02. The fourth-order valence-corrected chi connectivity index (χ4v) is 2.76. The summed E-state index contributed by atoms with van der Waals surface area (Å²) >= 11 is 0. The Balaban J connectivity index is 0.00000243. The number of anilines is 1. The molecule has 2 aromatic rings. The van der Waals surface area contributed by atoms with E-state index in [0.29, 0.717) is 5.75 Å². The number of nitrogens with zero attached hydrogens (tertiary/aromatic N) is 3. The van der Waals surface area contributed by atoms with Crippen LogP contribution in [0.5, 0.6) is 5.75 Å². The van der Waals surface area contributed by atoms with E-state index in [0.717, 1.165) is 25.9 Å². The van der Waals surface area contributed by atoms with Crippen molar-refractivity contribution in [3.05, 3.63) is 35.9 Å². The maximum absolute atomic E-state index is 14.1. The highest BCUT2D eigenvalue weighted by Crippen LogP contribution is 2.22. The van der Waals surface area contributed by atoms with E-state index < -0.39 is 11.7 Å². The molecule has 7 nitrogen and oxygen atoms in total. The summed E-state index contributed by atoms with van der Waals surface area (Å²) in [6, 6.07) is 4.58. The third-order valence-corrected chi connectivity index (χ3v) is 3.99. The standard InChI is InChI=1S/C17H22FN5O2.ClH/c1-11(2)25-13-3-4-15(14(18)9-13)20-17(24)16-10-23(22-21-16)12-5-7-19-8-6-12;/h3-4,9-12,19H,5-8H2,1-2H3,(H,20,24);1H. The van der Waals surface area contributed by atoms with Gasteiger partial charge in [0.2, 0.25) is 0 Å². The van der Waals surface area contributed by atoms with Crippen molar-refractivity contribution in [2.24, 2.45) is 0 Å². The minimum Gasteiger partial charge on any atom is -0.491 e. The summed E-state index contributed by atoms with van der Waals surface area (Å²) in [5.41, 5.74) is 0.248. The second kappa shape index (κ2) is 8.95. The number of amides is 1. The molecule has 0 spiro atoms. The molecule has 0 bridgehead atoms. The van der Waals surface area contributed by atoms with Gasteiger partial charge in [-0.05, 0) is 51.9 Å². The maximum Gasteiger partial charge on any atom is 0.277 e. The Labute approximate surface area is 157 Å². The number of piperidine rings is 1. The highest BCUT2D eigenvalue weighted by atomic mass is 35.5. The van der Waals surface area contributed by atoms with Crippen LogP contribution >= 0.6 is 12.4 Å². The summed E-state index contributed by atoms with van der Waals surface area (Å²) in [4.78, 5) is 12.3. The zero-order valence-electron chi connectivity index (χ0n) is 14.7. The first-order chi connectivity index (χ1) is 12.0. The largest absolute Gasteiger partial charge is 0.491 e. The second-order valence-electron chi connectivity index (χ2n) is 6.33. The molecule has 0 saturated carbocycles. The van der Waals surface area contributed by atoms with Crippen molar-refractivity contribution in [2.45, 2.75) is 38.8 Å². The van der Waals surface area contributed by atoms with Crippen LogP contribution in [-0.4, -0.2) is 40.1 Å². The summed E-state index contributed by atoms with van der Waals surface area (Å²) < 4.78 is 21.3. The molecular weight excluding hydrogens is 361 g/mol. The SMILES string of the molecule is CC(C)Oc1ccc(NC(=O)c2cn(C3CCNCC3)nn2)c(F)c1.Cl. The molecule has 0 aliphatic carbocycles. The van der Waals surface area contributed by atoms with E-state index >= 15 is 0 Å². The van der Waals surface area contributed by atoms with Gasteiger partial charge >= 0.3 is 0 Å². The van der Waals surface area contributed by atoms with E-state index in [1.54, 1.807) is 16.9 Å². The average molecular weight is 384 g/mol. The van der Waals surface area contributed by atoms with E-state index in [2.05, 4.69) is 20.9 Å². The van der Waals surface area contributed by atoms with E-state index in [1.807, 2.05) is 13.8 Å². The van der Waals surface area contributed by atoms with E-state index in [9.17, 15) is 9.18 Å². The number of hydrogen-bond donors (Lipinski definition) is 2. The van der Waals surface area contributed by atoms with Crippen molar-refractivity contribution >= 4 is 24.0 Å². The first kappa shape index (κ1) is 20.1. The van der Waals surface area contributed by atoms with Crippen LogP contribution in [-0.2, 0) is 0 Å². The topological polar surface area (TPSA) is 81.1 Å². The van der Waals surface area contributed by atoms with Gasteiger partial charge in [-0.3, -0.25) is 4.79 Å². The van der Waals surface area contributed by atoms with Gasteiger partial charge in [-0.15, -0.1) is 17.5 Å². The predicted molar refractivity (Wildman–Crippen MR) is 98.5 cm³/mol. The molecular formula is C17H23ClFN5O2. The van der Waals surface area contributed by atoms with Crippen LogP contribution in [0.4, 0.5) is 10.1 Å². The fraction of sp³-hybridized carbons (Fsp3) is 0.471. The van der Waals surface area contributed by atoms with Gasteiger partial charge in [0.25, 0.3) is 5.91 Å². The first-order valence-corrected chi connectivity index (χ1v) is 8.43. The number of carbonyl (C=O) groups excluding carboxylic acids is 1.